The fourth-order valence-corrected chi connectivity index (χ4v) is 5.15. The molecule has 2 fully saturated rings. The van der Waals surface area contributed by atoms with Crippen molar-refractivity contribution in [3.8, 4) is 16.8 Å². The molecule has 1 aliphatic heterocycles. The van der Waals surface area contributed by atoms with Crippen LogP contribution in [0.1, 0.15) is 30.8 Å². The highest BCUT2D eigenvalue weighted by molar-refractivity contribution is 5.85. The summed E-state index contributed by atoms with van der Waals surface area (Å²) in [6, 6.07) is 18.1. The molecule has 1 atom stereocenters. The van der Waals surface area contributed by atoms with E-state index in [0.717, 1.165) is 66.2 Å². The molecule has 0 unspecified atom stereocenters. The molecule has 2 aromatic heterocycles. The van der Waals surface area contributed by atoms with Gasteiger partial charge in [-0.25, -0.2) is 4.98 Å². The van der Waals surface area contributed by atoms with Gasteiger partial charge in [-0.2, -0.15) is 0 Å². The average molecular weight is 453 g/mol. The molecular weight excluding hydrogens is 424 g/mol. The number of H-pyrrole nitrogens is 1. The van der Waals surface area contributed by atoms with E-state index in [1.807, 2.05) is 30.2 Å². The van der Waals surface area contributed by atoms with Gasteiger partial charge in [0.25, 0.3) is 5.56 Å². The molecule has 2 aromatic carbocycles. The molecule has 172 valence electrons. The minimum Gasteiger partial charge on any atom is -0.361 e. The highest BCUT2D eigenvalue weighted by atomic mass is 16.2. The Balaban J connectivity index is 1.27. The van der Waals surface area contributed by atoms with Crippen molar-refractivity contribution in [2.45, 2.75) is 32.6 Å². The number of hydrogen-bond donors (Lipinski definition) is 1. The Hall–Kier alpha value is -3.67. The summed E-state index contributed by atoms with van der Waals surface area (Å²) in [5.41, 5.74) is 4.82. The van der Waals surface area contributed by atoms with E-state index in [9.17, 15) is 9.59 Å². The number of nitrogens with zero attached hydrogens (tertiary/aromatic N) is 3. The molecule has 2 aliphatic rings. The van der Waals surface area contributed by atoms with Gasteiger partial charge >= 0.3 is 0 Å². The molecule has 1 amide bonds. The topological polar surface area (TPSA) is 71.0 Å². The first-order valence-corrected chi connectivity index (χ1v) is 12.1. The number of amides is 1. The van der Waals surface area contributed by atoms with E-state index in [1.54, 1.807) is 10.6 Å². The quantitative estimate of drug-likeness (QED) is 0.485. The van der Waals surface area contributed by atoms with Crippen LogP contribution < -0.4 is 5.56 Å². The predicted molar refractivity (Wildman–Crippen MR) is 133 cm³/mol. The Morgan fingerprint density at radius 3 is 2.62 bits per heavy atom. The number of hydrogen-bond acceptors (Lipinski definition) is 3. The fraction of sp³-hybridized carbons (Fsp3) is 0.321. The van der Waals surface area contributed by atoms with Crippen LogP contribution in [-0.4, -0.2) is 38.4 Å². The van der Waals surface area contributed by atoms with Gasteiger partial charge in [-0.1, -0.05) is 24.3 Å². The van der Waals surface area contributed by atoms with Gasteiger partial charge in [0.2, 0.25) is 5.91 Å². The number of aromatic nitrogens is 3. The Labute approximate surface area is 198 Å². The normalized spacial score (nSPS) is 18.0. The second-order valence-electron chi connectivity index (χ2n) is 9.73. The summed E-state index contributed by atoms with van der Waals surface area (Å²) >= 11 is 0. The van der Waals surface area contributed by atoms with E-state index in [2.05, 4.69) is 41.4 Å². The molecule has 0 bridgehead atoms. The summed E-state index contributed by atoms with van der Waals surface area (Å²) in [4.78, 5) is 35.5. The first-order valence-electron chi connectivity index (χ1n) is 12.1. The average Bonchev–Trinajstić information content (AvgIpc) is 3.39. The maximum absolute atomic E-state index is 13.0. The number of fused-ring (bicyclic) bond motifs is 1. The molecule has 3 heterocycles. The standard InChI is InChI=1S/C28H28N4O2/c1-18-14-27(33)32(26(30-18)15-19-11-13-31(17-19)28(34)22-3-4-22)24-8-6-20(7-9-24)23-5-2-21-10-12-29-25(21)16-23/h2,5-10,12,14,16,19,22,29H,3-4,11,13,15,17H2,1H3/t19-/m0/s1. The van der Waals surface area contributed by atoms with Crippen LogP contribution in [0.15, 0.2) is 65.6 Å². The zero-order chi connectivity index (χ0) is 23.2. The molecule has 6 heteroatoms. The molecule has 1 N–H and O–H groups in total. The third-order valence-electron chi connectivity index (χ3n) is 7.13. The fourth-order valence-electron chi connectivity index (χ4n) is 5.15. The minimum atomic E-state index is -0.0630. The zero-order valence-corrected chi connectivity index (χ0v) is 19.3. The van der Waals surface area contributed by atoms with Gasteiger partial charge in [0.15, 0.2) is 0 Å². The van der Waals surface area contributed by atoms with Crippen LogP contribution in [0.4, 0.5) is 0 Å². The number of nitrogens with one attached hydrogen (secondary N) is 1. The van der Waals surface area contributed by atoms with Gasteiger partial charge in [0, 0.05) is 48.9 Å². The lowest BCUT2D eigenvalue weighted by atomic mass is 10.0. The zero-order valence-electron chi connectivity index (χ0n) is 19.3. The van der Waals surface area contributed by atoms with Crippen molar-refractivity contribution >= 4 is 16.8 Å². The Morgan fingerprint density at radius 1 is 1.03 bits per heavy atom. The molecule has 6 rings (SSSR count). The third-order valence-corrected chi connectivity index (χ3v) is 7.13. The van der Waals surface area contributed by atoms with Crippen LogP contribution in [0.3, 0.4) is 0 Å². The minimum absolute atomic E-state index is 0.0630. The van der Waals surface area contributed by atoms with Gasteiger partial charge in [-0.05, 0) is 72.9 Å². The molecule has 1 saturated heterocycles. The van der Waals surface area contributed by atoms with E-state index in [1.165, 1.54) is 5.39 Å². The van der Waals surface area contributed by atoms with Crippen LogP contribution in [0.5, 0.6) is 0 Å². The van der Waals surface area contributed by atoms with Crippen molar-refractivity contribution in [3.05, 3.63) is 82.7 Å². The lowest BCUT2D eigenvalue weighted by Crippen LogP contribution is -2.30. The van der Waals surface area contributed by atoms with Gasteiger partial charge in [-0.15, -0.1) is 0 Å². The van der Waals surface area contributed by atoms with Crippen molar-refractivity contribution in [3.63, 3.8) is 0 Å². The molecule has 4 aromatic rings. The monoisotopic (exact) mass is 452 g/mol. The van der Waals surface area contributed by atoms with Crippen LogP contribution in [-0.2, 0) is 11.2 Å². The van der Waals surface area contributed by atoms with E-state index >= 15 is 0 Å². The summed E-state index contributed by atoms with van der Waals surface area (Å²) in [7, 11) is 0. The Morgan fingerprint density at radius 2 is 1.82 bits per heavy atom. The van der Waals surface area contributed by atoms with Crippen molar-refractivity contribution in [1.82, 2.24) is 19.4 Å². The smallest absolute Gasteiger partial charge is 0.258 e. The van der Waals surface area contributed by atoms with Crippen LogP contribution in [0, 0.1) is 18.8 Å². The van der Waals surface area contributed by atoms with E-state index in [0.29, 0.717) is 18.2 Å². The first-order chi connectivity index (χ1) is 16.5. The summed E-state index contributed by atoms with van der Waals surface area (Å²) < 4.78 is 1.73. The summed E-state index contributed by atoms with van der Waals surface area (Å²) in [5, 5.41) is 1.19. The first kappa shape index (κ1) is 20.9. The van der Waals surface area contributed by atoms with Crippen LogP contribution in [0.25, 0.3) is 27.7 Å². The van der Waals surface area contributed by atoms with Crippen molar-refractivity contribution in [2.75, 3.05) is 13.1 Å². The lowest BCUT2D eigenvalue weighted by Gasteiger charge is -2.18. The number of aryl methyl sites for hydroxylation is 1. The SMILES string of the molecule is Cc1cc(=O)n(-c2ccc(-c3ccc4cc[nH]c4c3)cc2)c(C[C@@H]2CCN(C(=O)C3CC3)C2)n1. The van der Waals surface area contributed by atoms with Gasteiger partial charge in [-0.3, -0.25) is 14.2 Å². The Bertz CT molecular complexity index is 1430. The number of carbonyl (C=O) groups excluding carboxylic acids is 1. The Kier molecular flexibility index (Phi) is 5.09. The van der Waals surface area contributed by atoms with Gasteiger partial charge in [0.1, 0.15) is 5.82 Å². The molecule has 34 heavy (non-hydrogen) atoms. The molecule has 6 nitrogen and oxygen atoms in total. The molecule has 1 saturated carbocycles. The summed E-state index contributed by atoms with van der Waals surface area (Å²) in [6.07, 6.45) is 5.67. The number of benzene rings is 2. The number of aromatic amines is 1. The largest absolute Gasteiger partial charge is 0.361 e. The van der Waals surface area contributed by atoms with Crippen molar-refractivity contribution in [1.29, 1.82) is 0 Å². The second-order valence-corrected chi connectivity index (χ2v) is 9.73. The molecular formula is C28H28N4O2. The lowest BCUT2D eigenvalue weighted by molar-refractivity contribution is -0.131. The summed E-state index contributed by atoms with van der Waals surface area (Å²) in [5.74, 6) is 1.67. The predicted octanol–water partition coefficient (Wildman–Crippen LogP) is 4.49. The van der Waals surface area contributed by atoms with E-state index in [4.69, 9.17) is 4.98 Å². The van der Waals surface area contributed by atoms with Gasteiger partial charge in [0.05, 0.1) is 5.69 Å². The van der Waals surface area contributed by atoms with Crippen LogP contribution >= 0.6 is 0 Å². The maximum Gasteiger partial charge on any atom is 0.258 e. The van der Waals surface area contributed by atoms with E-state index < -0.39 is 0 Å². The van der Waals surface area contributed by atoms with Gasteiger partial charge < -0.3 is 9.88 Å². The number of likely N-dealkylation sites (tertiary alicyclic amines) is 1. The highest BCUT2D eigenvalue weighted by Crippen LogP contribution is 2.33. The van der Waals surface area contributed by atoms with E-state index in [-0.39, 0.29) is 11.5 Å². The summed E-state index contributed by atoms with van der Waals surface area (Å²) in [6.45, 7) is 3.45. The third kappa shape index (κ3) is 3.94. The van der Waals surface area contributed by atoms with Crippen LogP contribution in [0.2, 0.25) is 0 Å². The van der Waals surface area contributed by atoms with Crippen molar-refractivity contribution < 1.29 is 4.79 Å². The number of carbonyl (C=O) groups is 1. The van der Waals surface area contributed by atoms with Crippen molar-refractivity contribution in [2.24, 2.45) is 11.8 Å². The highest BCUT2D eigenvalue weighted by Gasteiger charge is 2.36. The second kappa shape index (κ2) is 8.28. The molecule has 0 spiro atoms. The molecule has 1 aliphatic carbocycles. The number of rotatable bonds is 5. The maximum atomic E-state index is 13.0. The molecule has 0 radical (unpaired) electrons.